The lowest BCUT2D eigenvalue weighted by atomic mass is 10.1. The number of hydrogen-bond donors (Lipinski definition) is 0. The molecule has 5 heteroatoms. The molecule has 3 aromatic rings. The lowest BCUT2D eigenvalue weighted by Crippen LogP contribution is -2.02. The summed E-state index contributed by atoms with van der Waals surface area (Å²) >= 11 is 0. The molecule has 0 atom stereocenters. The van der Waals surface area contributed by atoms with Crippen molar-refractivity contribution in [3.63, 3.8) is 0 Å². The zero-order valence-corrected chi connectivity index (χ0v) is 13.9. The van der Waals surface area contributed by atoms with Crippen molar-refractivity contribution < 1.29 is 13.9 Å². The molecule has 1 aromatic heterocycles. The second kappa shape index (κ2) is 6.84. The summed E-state index contributed by atoms with van der Waals surface area (Å²) in [5.74, 6) is 0.481. The third-order valence-electron chi connectivity index (χ3n) is 3.77. The second-order valence-corrected chi connectivity index (χ2v) is 5.60. The van der Waals surface area contributed by atoms with Gasteiger partial charge in [-0.15, -0.1) is 0 Å². The summed E-state index contributed by atoms with van der Waals surface area (Å²) < 4.78 is 25.6. The van der Waals surface area contributed by atoms with Crippen LogP contribution in [0.3, 0.4) is 0 Å². The highest BCUT2D eigenvalue weighted by molar-refractivity contribution is 5.73. The van der Waals surface area contributed by atoms with E-state index < -0.39 is 0 Å². The normalized spacial score (nSPS) is 10.8. The van der Waals surface area contributed by atoms with Gasteiger partial charge in [-0.05, 0) is 55.0 Å². The third-order valence-corrected chi connectivity index (χ3v) is 3.77. The van der Waals surface area contributed by atoms with Gasteiger partial charge in [0.25, 0.3) is 0 Å². The predicted molar refractivity (Wildman–Crippen MR) is 91.3 cm³/mol. The molecular formula is C19H19FN2O2. The molecule has 0 fully saturated rings. The highest BCUT2D eigenvalue weighted by atomic mass is 19.1. The largest absolute Gasteiger partial charge is 0.467 e. The van der Waals surface area contributed by atoms with E-state index in [-0.39, 0.29) is 12.6 Å². The van der Waals surface area contributed by atoms with Gasteiger partial charge in [0.2, 0.25) is 0 Å². The molecule has 0 aliphatic carbocycles. The fourth-order valence-electron chi connectivity index (χ4n) is 2.56. The molecule has 0 aliphatic rings. The molecule has 0 aliphatic heterocycles. The molecule has 0 unspecified atom stereocenters. The topological polar surface area (TPSA) is 36.3 Å². The summed E-state index contributed by atoms with van der Waals surface area (Å²) in [5, 5.41) is 4.54. The van der Waals surface area contributed by atoms with Crippen molar-refractivity contribution in [1.82, 2.24) is 9.78 Å². The van der Waals surface area contributed by atoms with Gasteiger partial charge in [-0.3, -0.25) is 4.68 Å². The minimum Gasteiger partial charge on any atom is -0.467 e. The molecule has 0 spiro atoms. The first-order chi connectivity index (χ1) is 11.6. The molecule has 0 radical (unpaired) electrons. The summed E-state index contributed by atoms with van der Waals surface area (Å²) in [6.45, 7) is 2.19. The Morgan fingerprint density at radius 1 is 1.08 bits per heavy atom. The SMILES string of the molecule is COCOc1cc(C)ccc1-c1cc(-c2ccc(F)cc2)nn1C. The van der Waals surface area contributed by atoms with Gasteiger partial charge in [-0.25, -0.2) is 4.39 Å². The summed E-state index contributed by atoms with van der Waals surface area (Å²) in [5.41, 5.74) is 4.60. The van der Waals surface area contributed by atoms with Gasteiger partial charge in [0.15, 0.2) is 6.79 Å². The van der Waals surface area contributed by atoms with Crippen LogP contribution in [0.5, 0.6) is 5.75 Å². The average Bonchev–Trinajstić information content (AvgIpc) is 2.95. The zero-order valence-electron chi connectivity index (χ0n) is 13.9. The van der Waals surface area contributed by atoms with Crippen LogP contribution in [-0.2, 0) is 11.8 Å². The van der Waals surface area contributed by atoms with Crippen LogP contribution >= 0.6 is 0 Å². The maximum Gasteiger partial charge on any atom is 0.188 e. The van der Waals surface area contributed by atoms with Crippen LogP contribution in [0.4, 0.5) is 4.39 Å². The molecule has 0 amide bonds. The number of ether oxygens (including phenoxy) is 2. The quantitative estimate of drug-likeness (QED) is 0.660. The van der Waals surface area contributed by atoms with Gasteiger partial charge in [-0.2, -0.15) is 5.10 Å². The molecule has 2 aromatic carbocycles. The van der Waals surface area contributed by atoms with Crippen LogP contribution in [0.25, 0.3) is 22.5 Å². The monoisotopic (exact) mass is 326 g/mol. The number of aromatic nitrogens is 2. The number of aryl methyl sites for hydroxylation is 2. The Balaban J connectivity index is 2.02. The molecule has 3 rings (SSSR count). The number of methoxy groups -OCH3 is 1. The van der Waals surface area contributed by atoms with Gasteiger partial charge in [0, 0.05) is 25.3 Å². The average molecular weight is 326 g/mol. The van der Waals surface area contributed by atoms with Crippen LogP contribution in [-0.4, -0.2) is 23.7 Å². The van der Waals surface area contributed by atoms with Crippen LogP contribution in [0, 0.1) is 12.7 Å². The Labute approximate surface area is 140 Å². The van der Waals surface area contributed by atoms with Gasteiger partial charge in [0.05, 0.1) is 11.4 Å². The zero-order chi connectivity index (χ0) is 17.1. The van der Waals surface area contributed by atoms with E-state index in [1.54, 1.807) is 23.9 Å². The van der Waals surface area contributed by atoms with E-state index in [0.717, 1.165) is 33.8 Å². The fourth-order valence-corrected chi connectivity index (χ4v) is 2.56. The first-order valence-electron chi connectivity index (χ1n) is 7.61. The predicted octanol–water partition coefficient (Wildman–Crippen LogP) is 4.18. The van der Waals surface area contributed by atoms with E-state index in [1.165, 1.54) is 12.1 Å². The summed E-state index contributed by atoms with van der Waals surface area (Å²) in [7, 11) is 3.47. The summed E-state index contributed by atoms with van der Waals surface area (Å²) in [6.07, 6.45) is 0. The summed E-state index contributed by atoms with van der Waals surface area (Å²) in [4.78, 5) is 0. The smallest absolute Gasteiger partial charge is 0.188 e. The second-order valence-electron chi connectivity index (χ2n) is 5.60. The lowest BCUT2D eigenvalue weighted by Gasteiger charge is -2.11. The molecular weight excluding hydrogens is 307 g/mol. The van der Waals surface area contributed by atoms with Crippen molar-refractivity contribution in [3.8, 4) is 28.3 Å². The molecule has 1 heterocycles. The maximum absolute atomic E-state index is 13.1. The standard InChI is InChI=1S/C19H19FN2O2/c1-13-4-9-16(19(10-13)24-12-23-3)18-11-17(21-22(18)2)14-5-7-15(20)8-6-14/h4-11H,12H2,1-3H3. The van der Waals surface area contributed by atoms with E-state index >= 15 is 0 Å². The van der Waals surface area contributed by atoms with Gasteiger partial charge in [0.1, 0.15) is 11.6 Å². The minimum absolute atomic E-state index is 0.180. The van der Waals surface area contributed by atoms with Crippen LogP contribution < -0.4 is 4.74 Å². The van der Waals surface area contributed by atoms with E-state index in [1.807, 2.05) is 38.2 Å². The van der Waals surface area contributed by atoms with Crippen molar-refractivity contribution in [2.45, 2.75) is 6.92 Å². The van der Waals surface area contributed by atoms with Crippen molar-refractivity contribution in [1.29, 1.82) is 0 Å². The van der Waals surface area contributed by atoms with Crippen molar-refractivity contribution >= 4 is 0 Å². The Morgan fingerprint density at radius 3 is 2.54 bits per heavy atom. The van der Waals surface area contributed by atoms with E-state index in [9.17, 15) is 4.39 Å². The van der Waals surface area contributed by atoms with Gasteiger partial charge >= 0.3 is 0 Å². The van der Waals surface area contributed by atoms with Crippen LogP contribution in [0.2, 0.25) is 0 Å². The molecule has 0 saturated carbocycles. The number of rotatable bonds is 5. The highest BCUT2D eigenvalue weighted by Crippen LogP contribution is 2.33. The Hall–Kier alpha value is -2.66. The number of benzene rings is 2. The number of hydrogen-bond acceptors (Lipinski definition) is 3. The maximum atomic E-state index is 13.1. The number of halogens is 1. The van der Waals surface area contributed by atoms with Crippen molar-refractivity contribution in [2.24, 2.45) is 7.05 Å². The number of nitrogens with zero attached hydrogens (tertiary/aromatic N) is 2. The van der Waals surface area contributed by atoms with Gasteiger partial charge < -0.3 is 9.47 Å². The lowest BCUT2D eigenvalue weighted by molar-refractivity contribution is 0.0515. The van der Waals surface area contributed by atoms with Crippen molar-refractivity contribution in [2.75, 3.05) is 13.9 Å². The Morgan fingerprint density at radius 2 is 1.83 bits per heavy atom. The first-order valence-corrected chi connectivity index (χ1v) is 7.61. The minimum atomic E-state index is -0.260. The molecule has 24 heavy (non-hydrogen) atoms. The fraction of sp³-hybridized carbons (Fsp3) is 0.211. The van der Waals surface area contributed by atoms with Crippen LogP contribution in [0.15, 0.2) is 48.5 Å². The summed E-state index contributed by atoms with van der Waals surface area (Å²) in [6, 6.07) is 14.3. The molecule has 124 valence electrons. The van der Waals surface area contributed by atoms with E-state index in [2.05, 4.69) is 5.10 Å². The first kappa shape index (κ1) is 16.2. The van der Waals surface area contributed by atoms with Gasteiger partial charge in [-0.1, -0.05) is 6.07 Å². The van der Waals surface area contributed by atoms with E-state index in [0.29, 0.717) is 0 Å². The molecule has 4 nitrogen and oxygen atoms in total. The molecule has 0 N–H and O–H groups in total. The Bertz CT molecular complexity index is 841. The molecule has 0 saturated heterocycles. The highest BCUT2D eigenvalue weighted by Gasteiger charge is 2.14. The van der Waals surface area contributed by atoms with Crippen molar-refractivity contribution in [3.05, 3.63) is 59.9 Å². The molecule has 0 bridgehead atoms. The Kier molecular flexibility index (Phi) is 4.62. The van der Waals surface area contributed by atoms with E-state index in [4.69, 9.17) is 9.47 Å². The third kappa shape index (κ3) is 3.31. The van der Waals surface area contributed by atoms with Crippen LogP contribution in [0.1, 0.15) is 5.56 Å².